The summed E-state index contributed by atoms with van der Waals surface area (Å²) in [7, 11) is 0. The van der Waals surface area contributed by atoms with Crippen molar-refractivity contribution >= 4 is 23.1 Å². The summed E-state index contributed by atoms with van der Waals surface area (Å²) < 4.78 is 0. The summed E-state index contributed by atoms with van der Waals surface area (Å²) in [6, 6.07) is 11.5. The molecule has 3 aromatic heterocycles. The van der Waals surface area contributed by atoms with E-state index < -0.39 is 0 Å². The molecule has 0 aromatic carbocycles. The molecule has 0 aliphatic rings. The molecule has 0 saturated carbocycles. The van der Waals surface area contributed by atoms with Gasteiger partial charge in [-0.2, -0.15) is 4.98 Å². The first-order valence-corrected chi connectivity index (χ1v) is 8.56. The number of anilines is 2. The van der Waals surface area contributed by atoms with E-state index in [0.29, 0.717) is 18.3 Å². The number of hydrogen-bond acceptors (Lipinski definition) is 7. The zero-order chi connectivity index (χ0) is 16.8. The Bertz CT molecular complexity index is 764. The third-order valence-corrected chi connectivity index (χ3v) is 4.20. The van der Waals surface area contributed by atoms with E-state index in [1.54, 1.807) is 17.5 Å². The summed E-state index contributed by atoms with van der Waals surface area (Å²) in [4.78, 5) is 14.6. The van der Waals surface area contributed by atoms with Gasteiger partial charge in [0.25, 0.3) is 0 Å². The molecule has 0 radical (unpaired) electrons. The number of aromatic nitrogens is 3. The molecule has 1 atom stereocenters. The van der Waals surface area contributed by atoms with Crippen LogP contribution in [0, 0.1) is 0 Å². The van der Waals surface area contributed by atoms with E-state index >= 15 is 0 Å². The molecule has 3 N–H and O–H groups in total. The molecule has 0 aliphatic heterocycles. The van der Waals surface area contributed by atoms with Crippen molar-refractivity contribution in [2.45, 2.75) is 19.5 Å². The number of nitrogens with zero attached hydrogens (tertiary/aromatic N) is 3. The van der Waals surface area contributed by atoms with Crippen LogP contribution in [-0.2, 0) is 6.54 Å². The molecular formula is C17H19N5OS. The van der Waals surface area contributed by atoms with E-state index in [2.05, 4.69) is 31.7 Å². The van der Waals surface area contributed by atoms with Gasteiger partial charge in [-0.25, -0.2) is 4.98 Å². The van der Waals surface area contributed by atoms with E-state index in [1.165, 1.54) is 4.88 Å². The normalized spacial score (nSPS) is 11.9. The quantitative estimate of drug-likeness (QED) is 0.613. The van der Waals surface area contributed by atoms with Gasteiger partial charge in [0.1, 0.15) is 5.82 Å². The highest BCUT2D eigenvalue weighted by molar-refractivity contribution is 7.09. The summed E-state index contributed by atoms with van der Waals surface area (Å²) in [5.74, 6) is 1.18. The highest BCUT2D eigenvalue weighted by atomic mass is 32.1. The summed E-state index contributed by atoms with van der Waals surface area (Å²) in [5, 5.41) is 17.7. The summed E-state index contributed by atoms with van der Waals surface area (Å²) in [6.45, 7) is 2.58. The van der Waals surface area contributed by atoms with Gasteiger partial charge in [-0.05, 0) is 30.5 Å². The lowest BCUT2D eigenvalue weighted by Crippen LogP contribution is -2.21. The number of thiophene rings is 1. The smallest absolute Gasteiger partial charge is 0.225 e. The van der Waals surface area contributed by atoms with Crippen LogP contribution in [0.3, 0.4) is 0 Å². The van der Waals surface area contributed by atoms with Gasteiger partial charge in [-0.15, -0.1) is 11.3 Å². The standard InChI is InChI=1S/C17H19N5OS/c1-12(11-23)20-17-21-15(14-6-2-3-7-18-14)9-16(22-17)19-10-13-5-4-8-24-13/h2-9,12,23H,10-11H2,1H3,(H2,19,20,21,22)/t12-/m0/s1. The number of rotatable bonds is 7. The van der Waals surface area contributed by atoms with E-state index in [1.807, 2.05) is 42.6 Å². The molecule has 7 heteroatoms. The molecule has 0 bridgehead atoms. The molecule has 0 spiro atoms. The van der Waals surface area contributed by atoms with Crippen molar-refractivity contribution in [3.63, 3.8) is 0 Å². The minimum Gasteiger partial charge on any atom is -0.394 e. The van der Waals surface area contributed by atoms with Crippen LogP contribution < -0.4 is 10.6 Å². The SMILES string of the molecule is C[C@@H](CO)Nc1nc(NCc2cccs2)cc(-c2ccccn2)n1. The first-order chi connectivity index (χ1) is 11.7. The van der Waals surface area contributed by atoms with Crippen LogP contribution >= 0.6 is 11.3 Å². The monoisotopic (exact) mass is 341 g/mol. The fraction of sp³-hybridized carbons (Fsp3) is 0.235. The summed E-state index contributed by atoms with van der Waals surface area (Å²) in [5.41, 5.74) is 1.51. The Hall–Kier alpha value is -2.51. The van der Waals surface area contributed by atoms with Crippen molar-refractivity contribution in [3.8, 4) is 11.4 Å². The molecule has 3 heterocycles. The number of aliphatic hydroxyl groups is 1. The molecule has 124 valence electrons. The first-order valence-electron chi connectivity index (χ1n) is 7.69. The predicted octanol–water partition coefficient (Wildman–Crippen LogP) is 3.00. The van der Waals surface area contributed by atoms with Gasteiger partial charge in [0.2, 0.25) is 5.95 Å². The molecule has 24 heavy (non-hydrogen) atoms. The number of aliphatic hydroxyl groups excluding tert-OH is 1. The van der Waals surface area contributed by atoms with Crippen LogP contribution in [0.4, 0.5) is 11.8 Å². The maximum absolute atomic E-state index is 9.24. The second kappa shape index (κ2) is 7.85. The highest BCUT2D eigenvalue weighted by Crippen LogP contribution is 2.21. The van der Waals surface area contributed by atoms with Crippen LogP contribution in [0.25, 0.3) is 11.4 Å². The van der Waals surface area contributed by atoms with Gasteiger partial charge in [-0.3, -0.25) is 4.98 Å². The number of hydrogen-bond donors (Lipinski definition) is 3. The Morgan fingerprint density at radius 2 is 2.08 bits per heavy atom. The van der Waals surface area contributed by atoms with Gasteiger partial charge in [0, 0.05) is 23.2 Å². The lowest BCUT2D eigenvalue weighted by atomic mass is 10.2. The van der Waals surface area contributed by atoms with Gasteiger partial charge >= 0.3 is 0 Å². The van der Waals surface area contributed by atoms with Crippen LogP contribution in [-0.4, -0.2) is 32.7 Å². The van der Waals surface area contributed by atoms with Crippen LogP contribution in [0.5, 0.6) is 0 Å². The fourth-order valence-electron chi connectivity index (χ4n) is 2.10. The maximum Gasteiger partial charge on any atom is 0.225 e. The second-order valence-electron chi connectivity index (χ2n) is 5.34. The molecule has 3 aromatic rings. The van der Waals surface area contributed by atoms with Crippen molar-refractivity contribution < 1.29 is 5.11 Å². The molecule has 0 unspecified atom stereocenters. The van der Waals surface area contributed by atoms with Crippen molar-refractivity contribution in [1.29, 1.82) is 0 Å². The lowest BCUT2D eigenvalue weighted by Gasteiger charge is -2.13. The highest BCUT2D eigenvalue weighted by Gasteiger charge is 2.10. The van der Waals surface area contributed by atoms with Gasteiger partial charge in [0.05, 0.1) is 24.5 Å². The van der Waals surface area contributed by atoms with Crippen molar-refractivity contribution in [2.24, 2.45) is 0 Å². The van der Waals surface area contributed by atoms with Gasteiger partial charge in [-0.1, -0.05) is 12.1 Å². The second-order valence-corrected chi connectivity index (χ2v) is 6.37. The number of nitrogens with one attached hydrogen (secondary N) is 2. The van der Waals surface area contributed by atoms with Gasteiger partial charge in [0.15, 0.2) is 0 Å². The minimum absolute atomic E-state index is 0.00906. The third-order valence-electron chi connectivity index (χ3n) is 3.33. The zero-order valence-corrected chi connectivity index (χ0v) is 14.1. The Morgan fingerprint density at radius 1 is 1.17 bits per heavy atom. The van der Waals surface area contributed by atoms with Crippen molar-refractivity contribution in [3.05, 3.63) is 52.9 Å². The Balaban J connectivity index is 1.87. The van der Waals surface area contributed by atoms with E-state index in [9.17, 15) is 5.11 Å². The molecule has 0 fully saturated rings. The van der Waals surface area contributed by atoms with E-state index in [4.69, 9.17) is 0 Å². The lowest BCUT2D eigenvalue weighted by molar-refractivity contribution is 0.281. The Labute approximate surface area is 144 Å². The zero-order valence-electron chi connectivity index (χ0n) is 13.3. The average molecular weight is 341 g/mol. The van der Waals surface area contributed by atoms with Crippen LogP contribution in [0.1, 0.15) is 11.8 Å². The number of pyridine rings is 1. The molecule has 3 rings (SSSR count). The largest absolute Gasteiger partial charge is 0.394 e. The Kier molecular flexibility index (Phi) is 5.35. The van der Waals surface area contributed by atoms with E-state index in [0.717, 1.165) is 11.4 Å². The predicted molar refractivity (Wildman–Crippen MR) is 97.1 cm³/mol. The molecule has 0 saturated heterocycles. The molecular weight excluding hydrogens is 322 g/mol. The first kappa shape index (κ1) is 16.4. The molecule has 0 aliphatic carbocycles. The van der Waals surface area contributed by atoms with E-state index in [-0.39, 0.29) is 12.6 Å². The van der Waals surface area contributed by atoms with Crippen molar-refractivity contribution in [1.82, 2.24) is 15.0 Å². The Morgan fingerprint density at radius 3 is 2.79 bits per heavy atom. The maximum atomic E-state index is 9.24. The molecule has 6 nitrogen and oxygen atoms in total. The summed E-state index contributed by atoms with van der Waals surface area (Å²) in [6.07, 6.45) is 1.74. The molecule has 0 amide bonds. The average Bonchev–Trinajstić information content (AvgIpc) is 3.14. The van der Waals surface area contributed by atoms with Gasteiger partial charge < -0.3 is 15.7 Å². The van der Waals surface area contributed by atoms with Crippen LogP contribution in [0.15, 0.2) is 48.0 Å². The minimum atomic E-state index is -0.130. The van der Waals surface area contributed by atoms with Crippen molar-refractivity contribution in [2.75, 3.05) is 17.2 Å². The fourth-order valence-corrected chi connectivity index (χ4v) is 2.75. The topological polar surface area (TPSA) is 83.0 Å². The third kappa shape index (κ3) is 4.27. The summed E-state index contributed by atoms with van der Waals surface area (Å²) >= 11 is 1.69. The van der Waals surface area contributed by atoms with Crippen LogP contribution in [0.2, 0.25) is 0 Å².